The Labute approximate surface area is 198 Å². The van der Waals surface area contributed by atoms with Crippen molar-refractivity contribution in [2.45, 2.75) is 24.8 Å². The van der Waals surface area contributed by atoms with Crippen molar-refractivity contribution >= 4 is 17.6 Å². The van der Waals surface area contributed by atoms with Gasteiger partial charge < -0.3 is 26.3 Å². The van der Waals surface area contributed by atoms with Crippen LogP contribution in [0.1, 0.15) is 51.2 Å². The molecule has 1 saturated heterocycles. The van der Waals surface area contributed by atoms with E-state index in [1.54, 1.807) is 0 Å². The lowest BCUT2D eigenvalue weighted by molar-refractivity contribution is 0.0952. The van der Waals surface area contributed by atoms with E-state index >= 15 is 4.39 Å². The highest BCUT2D eigenvalue weighted by Crippen LogP contribution is 2.41. The lowest BCUT2D eigenvalue weighted by Gasteiger charge is -2.20. The third-order valence-electron chi connectivity index (χ3n) is 6.02. The Morgan fingerprint density at radius 2 is 2.09 bits per heavy atom. The first-order chi connectivity index (χ1) is 16.7. The number of aromatic nitrogens is 2. The highest BCUT2D eigenvalue weighted by molar-refractivity contribution is 5.99. The summed E-state index contributed by atoms with van der Waals surface area (Å²) in [5.74, 6) is -4.87. The summed E-state index contributed by atoms with van der Waals surface area (Å²) in [7, 11) is 1.32. The van der Waals surface area contributed by atoms with Crippen molar-refractivity contribution in [2.75, 3.05) is 32.6 Å². The number of amides is 2. The van der Waals surface area contributed by atoms with Crippen molar-refractivity contribution in [3.8, 4) is 5.75 Å². The van der Waals surface area contributed by atoms with Gasteiger partial charge >= 0.3 is 0 Å². The summed E-state index contributed by atoms with van der Waals surface area (Å²) in [5, 5.41) is 6.74. The summed E-state index contributed by atoms with van der Waals surface area (Å²) >= 11 is 0. The fourth-order valence-corrected chi connectivity index (χ4v) is 4.21. The van der Waals surface area contributed by atoms with Crippen LogP contribution in [0.2, 0.25) is 0 Å². The molecule has 35 heavy (non-hydrogen) atoms. The average Bonchev–Trinajstić information content (AvgIpc) is 3.46. The maximum atomic E-state index is 15.1. The number of allylic oxidation sites excluding steroid dienone is 2. The van der Waals surface area contributed by atoms with Crippen LogP contribution in [0.25, 0.3) is 0 Å². The van der Waals surface area contributed by atoms with E-state index < -0.39 is 41.6 Å². The van der Waals surface area contributed by atoms with Gasteiger partial charge in [-0.25, -0.2) is 17.9 Å². The van der Waals surface area contributed by atoms with E-state index in [4.69, 9.17) is 20.9 Å². The number of nitrogens with zero attached hydrogens (tertiary/aromatic N) is 2. The molecular weight excluding hydrogens is 467 g/mol. The third kappa shape index (κ3) is 4.74. The smallest absolute Gasteiger partial charge is 0.255 e. The van der Waals surface area contributed by atoms with E-state index in [0.29, 0.717) is 19.6 Å². The number of primary amides is 1. The zero-order valence-corrected chi connectivity index (χ0v) is 18.8. The first kappa shape index (κ1) is 24.3. The van der Waals surface area contributed by atoms with Crippen LogP contribution < -0.4 is 21.5 Å². The number of methoxy groups -OCH3 is 1. The number of hydrogen-bond donors (Lipinski definition) is 3. The van der Waals surface area contributed by atoms with Gasteiger partial charge in [0.25, 0.3) is 11.8 Å². The molecule has 1 fully saturated rings. The fraction of sp³-hybridized carbons (Fsp3) is 0.348. The van der Waals surface area contributed by atoms with E-state index in [9.17, 15) is 18.4 Å². The van der Waals surface area contributed by atoms with Gasteiger partial charge in [-0.15, -0.1) is 0 Å². The molecule has 1 aromatic heterocycles. The van der Waals surface area contributed by atoms with Gasteiger partial charge in [0, 0.05) is 25.1 Å². The van der Waals surface area contributed by atoms with Crippen LogP contribution in [0.5, 0.6) is 5.75 Å². The number of hydrogen-bond acceptors (Lipinski definition) is 6. The first-order valence-electron chi connectivity index (χ1n) is 10.8. The zero-order chi connectivity index (χ0) is 25.3. The fourth-order valence-electron chi connectivity index (χ4n) is 4.21. The van der Waals surface area contributed by atoms with E-state index in [1.165, 1.54) is 17.9 Å². The predicted molar refractivity (Wildman–Crippen MR) is 120 cm³/mol. The molecule has 1 aliphatic carbocycles. The van der Waals surface area contributed by atoms with Gasteiger partial charge in [-0.1, -0.05) is 0 Å². The van der Waals surface area contributed by atoms with Gasteiger partial charge in [0.05, 0.1) is 36.9 Å². The quantitative estimate of drug-likeness (QED) is 0.545. The molecular formula is C23H24F3N5O4. The summed E-state index contributed by atoms with van der Waals surface area (Å²) in [6.07, 6.45) is 1.08. The number of nitrogen functional groups attached to an aromatic ring is 1. The van der Waals surface area contributed by atoms with E-state index in [1.807, 2.05) is 0 Å². The summed E-state index contributed by atoms with van der Waals surface area (Å²) in [6.45, 7) is 0.445. The van der Waals surface area contributed by atoms with E-state index in [-0.39, 0.29) is 46.5 Å². The normalized spacial score (nSPS) is 20.1. The summed E-state index contributed by atoms with van der Waals surface area (Å²) in [6, 6.07) is 3.15. The highest BCUT2D eigenvalue weighted by Gasteiger charge is 2.35. The second kappa shape index (κ2) is 9.82. The monoisotopic (exact) mass is 491 g/mol. The molecule has 2 amide bonds. The number of carbonyl (C=O) groups excluding carboxylic acids is 2. The molecule has 1 aromatic carbocycles. The summed E-state index contributed by atoms with van der Waals surface area (Å²) < 4.78 is 55.4. The van der Waals surface area contributed by atoms with Gasteiger partial charge in [0.15, 0.2) is 0 Å². The number of benzene rings is 1. The summed E-state index contributed by atoms with van der Waals surface area (Å²) in [4.78, 5) is 24.6. The van der Waals surface area contributed by atoms with Gasteiger partial charge in [-0.05, 0) is 30.7 Å². The molecule has 12 heteroatoms. The molecule has 2 unspecified atom stereocenters. The van der Waals surface area contributed by atoms with Gasteiger partial charge in [0.2, 0.25) is 0 Å². The molecule has 2 aromatic rings. The second-order valence-corrected chi connectivity index (χ2v) is 8.22. The number of anilines is 1. The molecule has 2 atom stereocenters. The lowest BCUT2D eigenvalue weighted by atomic mass is 9.89. The van der Waals surface area contributed by atoms with Crippen molar-refractivity contribution < 1.29 is 32.2 Å². The molecule has 5 N–H and O–H groups in total. The molecule has 0 spiro atoms. The largest absolute Gasteiger partial charge is 0.496 e. The molecule has 2 heterocycles. The Hall–Kier alpha value is -3.80. The zero-order valence-electron chi connectivity index (χ0n) is 18.8. The SMILES string of the molecule is COc1ccc(F)cc1C(=O)NCC1=C(F)CC(c2nn(C3CCOC3)c(N)c2C(N)=O)C(F)=C1. The maximum absolute atomic E-state index is 15.1. The van der Waals surface area contributed by atoms with Crippen LogP contribution in [0, 0.1) is 5.82 Å². The minimum atomic E-state index is -1.22. The summed E-state index contributed by atoms with van der Waals surface area (Å²) in [5.41, 5.74) is 11.1. The van der Waals surface area contributed by atoms with Gasteiger partial charge in [-0.2, -0.15) is 5.10 Å². The average molecular weight is 491 g/mol. The van der Waals surface area contributed by atoms with E-state index in [2.05, 4.69) is 10.4 Å². The lowest BCUT2D eigenvalue weighted by Crippen LogP contribution is -2.27. The Kier molecular flexibility index (Phi) is 6.83. The molecule has 1 aliphatic heterocycles. The molecule has 9 nitrogen and oxygen atoms in total. The van der Waals surface area contributed by atoms with Crippen LogP contribution in [-0.2, 0) is 4.74 Å². The van der Waals surface area contributed by atoms with Crippen molar-refractivity contribution in [3.05, 3.63) is 64.1 Å². The minimum Gasteiger partial charge on any atom is -0.496 e. The van der Waals surface area contributed by atoms with Crippen molar-refractivity contribution in [1.29, 1.82) is 0 Å². The number of carbonyl (C=O) groups is 2. The van der Waals surface area contributed by atoms with Crippen LogP contribution in [0.4, 0.5) is 19.0 Å². The van der Waals surface area contributed by atoms with Crippen LogP contribution in [0.15, 0.2) is 41.5 Å². The number of nitrogens with one attached hydrogen (secondary N) is 1. The number of nitrogens with two attached hydrogens (primary N) is 2. The first-order valence-corrected chi connectivity index (χ1v) is 10.8. The third-order valence-corrected chi connectivity index (χ3v) is 6.02. The topological polar surface area (TPSA) is 134 Å². The Morgan fingerprint density at radius 1 is 1.31 bits per heavy atom. The van der Waals surface area contributed by atoms with Crippen molar-refractivity contribution in [3.63, 3.8) is 0 Å². The molecule has 2 aliphatic rings. The number of halogens is 3. The molecule has 4 rings (SSSR count). The second-order valence-electron chi connectivity index (χ2n) is 8.22. The van der Waals surface area contributed by atoms with Crippen LogP contribution >= 0.6 is 0 Å². The van der Waals surface area contributed by atoms with E-state index in [0.717, 1.165) is 18.2 Å². The Morgan fingerprint density at radius 3 is 2.74 bits per heavy atom. The molecule has 186 valence electrons. The number of ether oxygens (including phenoxy) is 2. The van der Waals surface area contributed by atoms with Gasteiger partial charge in [-0.3, -0.25) is 9.59 Å². The Balaban J connectivity index is 1.55. The molecule has 0 bridgehead atoms. The standard InChI is InChI=1S/C23H24F3N5O4/c1-34-18-3-2-12(24)7-15(18)23(33)29-9-11-6-17(26)14(8-16(11)25)20-19(22(28)32)21(27)31(30-20)13-4-5-35-10-13/h2-3,6-7,13-14H,4-5,8-10,27H2,1H3,(H2,28,32)(H,29,33). The van der Waals surface area contributed by atoms with Crippen LogP contribution in [0.3, 0.4) is 0 Å². The van der Waals surface area contributed by atoms with Crippen LogP contribution in [-0.4, -0.2) is 48.5 Å². The highest BCUT2D eigenvalue weighted by atomic mass is 19.1. The van der Waals surface area contributed by atoms with Gasteiger partial charge in [0.1, 0.15) is 34.6 Å². The van der Waals surface area contributed by atoms with Crippen molar-refractivity contribution in [2.24, 2.45) is 5.73 Å². The maximum Gasteiger partial charge on any atom is 0.255 e. The van der Waals surface area contributed by atoms with Crippen molar-refractivity contribution in [1.82, 2.24) is 15.1 Å². The molecule has 0 radical (unpaired) electrons. The Bertz CT molecular complexity index is 1230. The minimum absolute atomic E-state index is 0.0257. The molecule has 0 saturated carbocycles. The predicted octanol–water partition coefficient (Wildman–Crippen LogP) is 2.67. The number of rotatable bonds is 7.